The van der Waals surface area contributed by atoms with Crippen LogP contribution in [0.4, 0.5) is 23.4 Å². The van der Waals surface area contributed by atoms with E-state index in [0.29, 0.717) is 58.1 Å². The van der Waals surface area contributed by atoms with Crippen LogP contribution in [0, 0.1) is 37.1 Å². The molecule has 0 aliphatic heterocycles. The molecule has 0 radical (unpaired) electrons. The Balaban J connectivity index is 0.000000196. The molecule has 30 heteroatoms. The van der Waals surface area contributed by atoms with E-state index in [4.69, 9.17) is 17.3 Å². The summed E-state index contributed by atoms with van der Waals surface area (Å²) < 4.78 is 129. The van der Waals surface area contributed by atoms with Crippen LogP contribution in [-0.4, -0.2) is 106 Å². The molecule has 6 aromatic heterocycles. The van der Waals surface area contributed by atoms with Gasteiger partial charge in [-0.3, -0.25) is 24.4 Å². The van der Waals surface area contributed by atoms with Crippen LogP contribution in [0.1, 0.15) is 137 Å². The minimum atomic E-state index is -3.45. The molecule has 92 heavy (non-hydrogen) atoms. The van der Waals surface area contributed by atoms with E-state index in [-0.39, 0.29) is 48.7 Å². The molecule has 0 saturated carbocycles. The molecule has 0 aliphatic carbocycles. The fourth-order valence-electron chi connectivity index (χ4n) is 9.39. The number of aromatic nitrogens is 9. The first-order valence-corrected chi connectivity index (χ1v) is 34.5. The lowest BCUT2D eigenvalue weighted by atomic mass is 10.0. The lowest BCUT2D eigenvalue weighted by Crippen LogP contribution is -2.29. The van der Waals surface area contributed by atoms with E-state index in [1.807, 2.05) is 20.8 Å². The van der Waals surface area contributed by atoms with Gasteiger partial charge < -0.3 is 21.7 Å². The summed E-state index contributed by atoms with van der Waals surface area (Å²) in [4.78, 5) is 50.9. The summed E-state index contributed by atoms with van der Waals surface area (Å²) >= 11 is 5.91. The van der Waals surface area contributed by atoms with Crippen molar-refractivity contribution in [1.29, 1.82) is 0 Å². The van der Waals surface area contributed by atoms with Crippen molar-refractivity contribution in [3.63, 3.8) is 0 Å². The number of nitrogens with zero attached hydrogens (tertiary/aromatic N) is 9. The molecule has 9 rings (SSSR count). The van der Waals surface area contributed by atoms with Gasteiger partial charge in [0.05, 0.1) is 74.7 Å². The fraction of sp³-hybridized carbons (Fsp3) is 0.274. The molecule has 486 valence electrons. The zero-order valence-corrected chi connectivity index (χ0v) is 54.3. The average molecular weight is 1340 g/mol. The zero-order valence-electron chi connectivity index (χ0n) is 51.1. The predicted molar refractivity (Wildman–Crippen MR) is 337 cm³/mol. The van der Waals surface area contributed by atoms with Gasteiger partial charge in [0.15, 0.2) is 46.2 Å². The van der Waals surface area contributed by atoms with Gasteiger partial charge in [0.1, 0.15) is 34.4 Å². The molecule has 0 aliphatic rings. The number of benzene rings is 3. The van der Waals surface area contributed by atoms with E-state index in [9.17, 15) is 57.2 Å². The van der Waals surface area contributed by atoms with Crippen LogP contribution in [-0.2, 0) is 29.5 Å². The first kappa shape index (κ1) is 70.3. The molecule has 22 nitrogen and oxygen atoms in total. The Hall–Kier alpha value is -9.19. The standard InChI is InChI=1S/2C21H22F2N4O3S.C20H22ClN5O3S/c1-4-5-18(14-6-9-20(24-11-14)31(3,29)30)26-21(28)16-12-25-27(13(16)2)19-8-7-15(22)10-17(19)23;1-4-5-19(14-8-16(11-24-10-14)31(3,29)30)26-21(28)17-12-25-27(13(17)2)20-7-6-15(22)9-18(20)23;1-3-4-18(13-9-16(11-23-10-13)30(2,28)29)25-20(27)17-12-24-26(19(17)22)15-7-5-14(21)6-8-15/h6-12,18H,4-5H2,1-3H3,(H,26,28);6-12,19H,4-5H2,1-3H3,(H,26,28);5-12,18H,3-4,22H2,1-2H3,(H,25,27). The number of hydrogen-bond acceptors (Lipinski definition) is 16. The highest BCUT2D eigenvalue weighted by Crippen LogP contribution is 2.28. The van der Waals surface area contributed by atoms with Crippen LogP contribution in [0.3, 0.4) is 0 Å². The number of hydrogen-bond donors (Lipinski definition) is 4. The van der Waals surface area contributed by atoms with Crippen molar-refractivity contribution in [1.82, 2.24) is 60.2 Å². The minimum Gasteiger partial charge on any atom is -0.383 e. The molecule has 9 aromatic rings. The summed E-state index contributed by atoms with van der Waals surface area (Å²) in [6.07, 6.45) is 18.4. The summed E-state index contributed by atoms with van der Waals surface area (Å²) in [7, 11) is -10.3. The van der Waals surface area contributed by atoms with Gasteiger partial charge in [-0.15, -0.1) is 0 Å². The summed E-state index contributed by atoms with van der Waals surface area (Å²) in [5.41, 5.74) is 10.2. The normalized spacial score (nSPS) is 12.5. The van der Waals surface area contributed by atoms with Crippen molar-refractivity contribution in [2.75, 3.05) is 24.5 Å². The van der Waals surface area contributed by atoms with E-state index in [1.165, 1.54) is 87.8 Å². The summed E-state index contributed by atoms with van der Waals surface area (Å²) in [5.74, 6) is -4.10. The van der Waals surface area contributed by atoms with E-state index < -0.39 is 88.6 Å². The molecule has 0 spiro atoms. The summed E-state index contributed by atoms with van der Waals surface area (Å²) in [5, 5.41) is 21.6. The Bertz CT molecular complexity index is 4500. The Morgan fingerprint density at radius 3 is 1.28 bits per heavy atom. The van der Waals surface area contributed by atoms with E-state index in [2.05, 4.69) is 46.2 Å². The molecule has 3 amide bonds. The van der Waals surface area contributed by atoms with Crippen molar-refractivity contribution in [3.05, 3.63) is 208 Å². The van der Waals surface area contributed by atoms with Gasteiger partial charge in [-0.25, -0.2) is 61.8 Å². The Morgan fingerprint density at radius 1 is 0.500 bits per heavy atom. The van der Waals surface area contributed by atoms with Crippen LogP contribution in [0.5, 0.6) is 0 Å². The van der Waals surface area contributed by atoms with Crippen LogP contribution in [0.25, 0.3) is 17.1 Å². The number of nitrogen functional groups attached to an aromatic ring is 1. The highest BCUT2D eigenvalue weighted by Gasteiger charge is 2.26. The van der Waals surface area contributed by atoms with Crippen molar-refractivity contribution < 1.29 is 57.2 Å². The largest absolute Gasteiger partial charge is 0.383 e. The summed E-state index contributed by atoms with van der Waals surface area (Å²) in [6, 6.07) is 17.9. The molecule has 3 atom stereocenters. The highest BCUT2D eigenvalue weighted by molar-refractivity contribution is 7.91. The highest BCUT2D eigenvalue weighted by atomic mass is 35.5. The smallest absolute Gasteiger partial charge is 0.257 e. The van der Waals surface area contributed by atoms with Gasteiger partial charge in [-0.05, 0) is 117 Å². The molecule has 5 N–H and O–H groups in total. The number of anilines is 1. The number of amides is 3. The van der Waals surface area contributed by atoms with E-state index in [0.717, 1.165) is 62.3 Å². The Labute approximate surface area is 534 Å². The van der Waals surface area contributed by atoms with Crippen molar-refractivity contribution >= 4 is 64.7 Å². The maximum atomic E-state index is 14.1. The average Bonchev–Trinajstić information content (AvgIpc) is 1.77. The topological polar surface area (TPSA) is 308 Å². The quantitative estimate of drug-likeness (QED) is 0.0486. The number of nitrogens with one attached hydrogen (secondary N) is 3. The number of sulfone groups is 3. The Morgan fingerprint density at radius 2 is 0.902 bits per heavy atom. The van der Waals surface area contributed by atoms with E-state index in [1.54, 1.807) is 50.4 Å². The fourth-order valence-corrected chi connectivity index (χ4v) is 11.3. The Kier molecular flexibility index (Phi) is 23.1. The second-order valence-corrected chi connectivity index (χ2v) is 27.7. The maximum Gasteiger partial charge on any atom is 0.257 e. The lowest BCUT2D eigenvalue weighted by molar-refractivity contribution is 0.0925. The van der Waals surface area contributed by atoms with Gasteiger partial charge in [0.25, 0.3) is 17.7 Å². The second kappa shape index (κ2) is 30.3. The van der Waals surface area contributed by atoms with Gasteiger partial charge in [0.2, 0.25) is 0 Å². The molecular weight excluding hydrogens is 1280 g/mol. The second-order valence-electron chi connectivity index (χ2n) is 21.2. The van der Waals surface area contributed by atoms with Crippen LogP contribution in [0.15, 0.2) is 149 Å². The van der Waals surface area contributed by atoms with Crippen LogP contribution >= 0.6 is 11.6 Å². The first-order chi connectivity index (χ1) is 43.4. The molecular formula is C62H66ClF4N13O9S3. The monoisotopic (exact) mass is 1340 g/mol. The maximum absolute atomic E-state index is 14.1. The van der Waals surface area contributed by atoms with Crippen LogP contribution < -0.4 is 21.7 Å². The van der Waals surface area contributed by atoms with Gasteiger partial charge in [-0.2, -0.15) is 15.3 Å². The van der Waals surface area contributed by atoms with Crippen LogP contribution in [0.2, 0.25) is 5.02 Å². The van der Waals surface area contributed by atoms with E-state index >= 15 is 0 Å². The molecule has 0 bridgehead atoms. The number of nitrogens with two attached hydrogens (primary N) is 1. The molecule has 3 unspecified atom stereocenters. The third-order valence-corrected chi connectivity index (χ3v) is 17.6. The minimum absolute atomic E-state index is 0.0214. The SMILES string of the molecule is CCCC(NC(=O)c1cnn(-c2ccc(Cl)cc2)c1N)c1cncc(S(C)(=O)=O)c1.CCCC(NC(=O)c1cnn(-c2ccc(F)cc2F)c1C)c1ccc(S(C)(=O)=O)nc1.CCCC(NC(=O)c1cnn(-c2ccc(F)cc2F)c1C)c1cncc(S(C)(=O)=O)c1. The number of rotatable bonds is 21. The van der Waals surface area contributed by atoms with Gasteiger partial charge >= 0.3 is 0 Å². The molecule has 3 aromatic carbocycles. The van der Waals surface area contributed by atoms with Gasteiger partial charge in [0, 0.05) is 66.9 Å². The predicted octanol–water partition coefficient (Wildman–Crippen LogP) is 10.2. The van der Waals surface area contributed by atoms with Crippen molar-refractivity contribution in [3.8, 4) is 17.1 Å². The first-order valence-electron chi connectivity index (χ1n) is 28.4. The lowest BCUT2D eigenvalue weighted by Gasteiger charge is -2.19. The third kappa shape index (κ3) is 17.6. The number of pyridine rings is 3. The molecule has 6 heterocycles. The van der Waals surface area contributed by atoms with Crippen molar-refractivity contribution in [2.24, 2.45) is 0 Å². The third-order valence-electron chi connectivity index (χ3n) is 14.2. The molecule has 0 fully saturated rings. The number of halogens is 5. The molecule has 0 saturated heterocycles. The summed E-state index contributed by atoms with van der Waals surface area (Å²) in [6.45, 7) is 9.08. The van der Waals surface area contributed by atoms with Crippen molar-refractivity contribution in [2.45, 2.75) is 106 Å². The number of carbonyl (C=O) groups excluding carboxylic acids is 3. The van der Waals surface area contributed by atoms with Gasteiger partial charge in [-0.1, -0.05) is 57.7 Å². The zero-order chi connectivity index (χ0) is 67.4. The number of carbonyl (C=O) groups is 3.